The van der Waals surface area contributed by atoms with Crippen LogP contribution >= 0.6 is 15.9 Å². The predicted octanol–water partition coefficient (Wildman–Crippen LogP) is 4.91. The van der Waals surface area contributed by atoms with Gasteiger partial charge < -0.3 is 10.5 Å². The summed E-state index contributed by atoms with van der Waals surface area (Å²) in [5.74, 6) is 0. The number of anilines is 1. The lowest BCUT2D eigenvalue weighted by molar-refractivity contribution is 0.116. The molecule has 0 saturated carbocycles. The molecule has 0 atom stereocenters. The van der Waals surface area contributed by atoms with Gasteiger partial charge in [0.2, 0.25) is 0 Å². The van der Waals surface area contributed by atoms with Crippen molar-refractivity contribution >= 4 is 21.6 Å². The van der Waals surface area contributed by atoms with Gasteiger partial charge in [-0.2, -0.15) is 0 Å². The Hall–Kier alpha value is -0.540. The Morgan fingerprint density at radius 1 is 1.11 bits per heavy atom. The van der Waals surface area contributed by atoms with E-state index in [4.69, 9.17) is 10.5 Å². The molecule has 0 aliphatic carbocycles. The minimum Gasteiger partial charge on any atom is -0.398 e. The van der Waals surface area contributed by atoms with Crippen molar-refractivity contribution in [3.63, 3.8) is 0 Å². The number of hydrogen-bond acceptors (Lipinski definition) is 2. The molecule has 0 bridgehead atoms. The van der Waals surface area contributed by atoms with Crippen LogP contribution in [0.2, 0.25) is 0 Å². The van der Waals surface area contributed by atoms with E-state index in [0.717, 1.165) is 28.8 Å². The SMILES string of the molecule is CCCCCCCCOCc1ccc(Br)c(N)c1. The molecule has 0 aliphatic heterocycles. The number of benzene rings is 1. The van der Waals surface area contributed by atoms with Gasteiger partial charge in [-0.1, -0.05) is 45.1 Å². The molecular weight excluding hydrogens is 290 g/mol. The zero-order chi connectivity index (χ0) is 13.2. The highest BCUT2D eigenvalue weighted by Gasteiger charge is 1.98. The molecule has 2 N–H and O–H groups in total. The van der Waals surface area contributed by atoms with Crippen LogP contribution < -0.4 is 5.73 Å². The Kier molecular flexibility index (Phi) is 8.10. The molecule has 102 valence electrons. The summed E-state index contributed by atoms with van der Waals surface area (Å²) >= 11 is 3.39. The highest BCUT2D eigenvalue weighted by Crippen LogP contribution is 2.20. The van der Waals surface area contributed by atoms with Crippen molar-refractivity contribution in [2.24, 2.45) is 0 Å². The lowest BCUT2D eigenvalue weighted by Gasteiger charge is -2.06. The predicted molar refractivity (Wildman–Crippen MR) is 81.6 cm³/mol. The zero-order valence-electron chi connectivity index (χ0n) is 11.3. The van der Waals surface area contributed by atoms with Crippen LogP contribution in [0, 0.1) is 0 Å². The second-order valence-electron chi connectivity index (χ2n) is 4.68. The topological polar surface area (TPSA) is 35.2 Å². The fourth-order valence-corrected chi connectivity index (χ4v) is 2.10. The molecule has 0 saturated heterocycles. The summed E-state index contributed by atoms with van der Waals surface area (Å²) in [5, 5.41) is 0. The first-order valence-electron chi connectivity index (χ1n) is 6.85. The molecule has 0 fully saturated rings. The van der Waals surface area contributed by atoms with Crippen LogP contribution in [0.4, 0.5) is 5.69 Å². The average molecular weight is 314 g/mol. The number of nitrogen functional groups attached to an aromatic ring is 1. The van der Waals surface area contributed by atoms with E-state index in [2.05, 4.69) is 22.9 Å². The van der Waals surface area contributed by atoms with Gasteiger partial charge in [0, 0.05) is 16.8 Å². The largest absolute Gasteiger partial charge is 0.398 e. The maximum absolute atomic E-state index is 5.82. The highest BCUT2D eigenvalue weighted by atomic mass is 79.9. The molecule has 0 spiro atoms. The van der Waals surface area contributed by atoms with E-state index >= 15 is 0 Å². The van der Waals surface area contributed by atoms with Gasteiger partial charge in [-0.25, -0.2) is 0 Å². The van der Waals surface area contributed by atoms with Crippen molar-refractivity contribution in [1.29, 1.82) is 0 Å². The first-order chi connectivity index (χ1) is 8.74. The summed E-state index contributed by atoms with van der Waals surface area (Å²) in [4.78, 5) is 0. The number of hydrogen-bond donors (Lipinski definition) is 1. The minimum atomic E-state index is 0.659. The van der Waals surface area contributed by atoms with Crippen LogP contribution in [-0.4, -0.2) is 6.61 Å². The van der Waals surface area contributed by atoms with Crippen LogP contribution in [0.3, 0.4) is 0 Å². The summed E-state index contributed by atoms with van der Waals surface area (Å²) < 4.78 is 6.60. The lowest BCUT2D eigenvalue weighted by Crippen LogP contribution is -1.97. The molecule has 0 aromatic heterocycles. The maximum atomic E-state index is 5.82. The molecule has 0 radical (unpaired) electrons. The van der Waals surface area contributed by atoms with E-state index in [-0.39, 0.29) is 0 Å². The van der Waals surface area contributed by atoms with Gasteiger partial charge in [0.25, 0.3) is 0 Å². The van der Waals surface area contributed by atoms with Crippen LogP contribution in [0.15, 0.2) is 22.7 Å². The van der Waals surface area contributed by atoms with Crippen molar-refractivity contribution < 1.29 is 4.74 Å². The molecule has 1 rings (SSSR count). The third-order valence-corrected chi connectivity index (χ3v) is 3.69. The number of rotatable bonds is 9. The quantitative estimate of drug-likeness (QED) is 0.519. The average Bonchev–Trinajstić information content (AvgIpc) is 2.37. The third-order valence-electron chi connectivity index (χ3n) is 2.97. The normalized spacial score (nSPS) is 10.8. The number of unbranched alkanes of at least 4 members (excludes halogenated alkanes) is 5. The van der Waals surface area contributed by atoms with Gasteiger partial charge in [0.05, 0.1) is 6.61 Å². The second kappa shape index (κ2) is 9.40. The van der Waals surface area contributed by atoms with E-state index in [0.29, 0.717) is 6.61 Å². The molecule has 0 heterocycles. The second-order valence-corrected chi connectivity index (χ2v) is 5.53. The van der Waals surface area contributed by atoms with Gasteiger partial charge in [-0.15, -0.1) is 0 Å². The maximum Gasteiger partial charge on any atom is 0.0717 e. The molecule has 0 unspecified atom stereocenters. The van der Waals surface area contributed by atoms with E-state index in [1.165, 1.54) is 32.1 Å². The van der Waals surface area contributed by atoms with Crippen LogP contribution in [0.25, 0.3) is 0 Å². The van der Waals surface area contributed by atoms with Crippen molar-refractivity contribution in [2.45, 2.75) is 52.1 Å². The van der Waals surface area contributed by atoms with Crippen LogP contribution in [-0.2, 0) is 11.3 Å². The van der Waals surface area contributed by atoms with E-state index in [1.807, 2.05) is 18.2 Å². The van der Waals surface area contributed by atoms with Gasteiger partial charge in [-0.3, -0.25) is 0 Å². The zero-order valence-corrected chi connectivity index (χ0v) is 12.8. The Morgan fingerprint density at radius 3 is 2.56 bits per heavy atom. The Morgan fingerprint density at radius 2 is 1.83 bits per heavy atom. The standard InChI is InChI=1S/C15H24BrNO/c1-2-3-4-5-6-7-10-18-12-13-8-9-14(16)15(17)11-13/h8-9,11H,2-7,10,12,17H2,1H3. The Labute approximate surface area is 119 Å². The van der Waals surface area contributed by atoms with Crippen molar-refractivity contribution in [3.8, 4) is 0 Å². The van der Waals surface area contributed by atoms with Crippen molar-refractivity contribution in [1.82, 2.24) is 0 Å². The Bertz CT molecular complexity index is 341. The highest BCUT2D eigenvalue weighted by molar-refractivity contribution is 9.10. The van der Waals surface area contributed by atoms with Crippen molar-refractivity contribution in [3.05, 3.63) is 28.2 Å². The summed E-state index contributed by atoms with van der Waals surface area (Å²) in [6.07, 6.45) is 7.81. The number of nitrogens with two attached hydrogens (primary N) is 1. The van der Waals surface area contributed by atoms with E-state index < -0.39 is 0 Å². The fourth-order valence-electron chi connectivity index (χ4n) is 1.86. The first-order valence-corrected chi connectivity index (χ1v) is 7.65. The summed E-state index contributed by atoms with van der Waals surface area (Å²) in [5.41, 5.74) is 7.73. The van der Waals surface area contributed by atoms with Gasteiger partial charge in [0.1, 0.15) is 0 Å². The minimum absolute atomic E-state index is 0.659. The fraction of sp³-hybridized carbons (Fsp3) is 0.600. The summed E-state index contributed by atoms with van der Waals surface area (Å²) in [6.45, 7) is 3.75. The Balaban J connectivity index is 2.05. The van der Waals surface area contributed by atoms with Gasteiger partial charge in [-0.05, 0) is 40.0 Å². The molecule has 2 nitrogen and oxygen atoms in total. The smallest absolute Gasteiger partial charge is 0.0717 e. The molecule has 1 aromatic carbocycles. The third kappa shape index (κ3) is 6.41. The molecule has 0 amide bonds. The summed E-state index contributed by atoms with van der Waals surface area (Å²) in [7, 11) is 0. The van der Waals surface area contributed by atoms with Gasteiger partial charge in [0.15, 0.2) is 0 Å². The summed E-state index contributed by atoms with van der Waals surface area (Å²) in [6, 6.07) is 5.98. The van der Waals surface area contributed by atoms with E-state index in [1.54, 1.807) is 0 Å². The first kappa shape index (κ1) is 15.5. The lowest BCUT2D eigenvalue weighted by atomic mass is 10.1. The van der Waals surface area contributed by atoms with Crippen LogP contribution in [0.5, 0.6) is 0 Å². The molecule has 0 aliphatic rings. The molecule has 18 heavy (non-hydrogen) atoms. The molecule has 3 heteroatoms. The number of ether oxygens (including phenoxy) is 1. The van der Waals surface area contributed by atoms with Crippen molar-refractivity contribution in [2.75, 3.05) is 12.3 Å². The van der Waals surface area contributed by atoms with Gasteiger partial charge >= 0.3 is 0 Å². The molecule has 1 aromatic rings. The molecular formula is C15H24BrNO. The monoisotopic (exact) mass is 313 g/mol. The van der Waals surface area contributed by atoms with Crippen LogP contribution in [0.1, 0.15) is 51.0 Å². The number of halogens is 1. The van der Waals surface area contributed by atoms with E-state index in [9.17, 15) is 0 Å².